The molecule has 1 heterocycles. The molecule has 7 nitrogen and oxygen atoms in total. The van der Waals surface area contributed by atoms with E-state index in [1.165, 1.54) is 6.20 Å². The Morgan fingerprint density at radius 2 is 2.04 bits per heavy atom. The van der Waals surface area contributed by atoms with Gasteiger partial charge in [0.2, 0.25) is 0 Å². The lowest BCUT2D eigenvalue weighted by atomic mass is 10.1. The van der Waals surface area contributed by atoms with Crippen LogP contribution in [0, 0.1) is 17.0 Å². The van der Waals surface area contributed by atoms with Gasteiger partial charge in [0.15, 0.2) is 0 Å². The zero-order valence-electron chi connectivity index (χ0n) is 14.5. The van der Waals surface area contributed by atoms with Crippen LogP contribution in [0.2, 0.25) is 5.02 Å². The van der Waals surface area contributed by atoms with Crippen LogP contribution in [0.3, 0.4) is 0 Å². The van der Waals surface area contributed by atoms with Crippen molar-refractivity contribution >= 4 is 39.3 Å². The summed E-state index contributed by atoms with van der Waals surface area (Å²) in [5.41, 5.74) is 6.43. The molecule has 0 atom stereocenters. The fraction of sp³-hybridized carbons (Fsp3) is 0.111. The molecule has 0 aliphatic rings. The third-order valence-corrected chi connectivity index (χ3v) is 4.83. The van der Waals surface area contributed by atoms with Crippen LogP contribution in [0.1, 0.15) is 18.1 Å². The van der Waals surface area contributed by atoms with Crippen molar-refractivity contribution in [2.75, 3.05) is 5.43 Å². The molecular formula is C18H15ClN4O3S. The SMILES string of the molecule is C/C(=N\Nc1c(C)cccc1Cl)c1ccc(Oc2ncc([N+](=O)[O-])s2)cc1. The number of anilines is 1. The van der Waals surface area contributed by atoms with Gasteiger partial charge in [-0.25, -0.2) is 4.98 Å². The highest BCUT2D eigenvalue weighted by Gasteiger charge is 2.13. The second kappa shape index (κ2) is 8.15. The minimum Gasteiger partial charge on any atom is -0.431 e. The molecule has 0 spiro atoms. The Bertz CT molecular complexity index is 982. The van der Waals surface area contributed by atoms with E-state index in [1.54, 1.807) is 18.2 Å². The Morgan fingerprint density at radius 3 is 2.67 bits per heavy atom. The fourth-order valence-corrected chi connectivity index (χ4v) is 3.09. The number of ether oxygens (including phenoxy) is 1. The van der Waals surface area contributed by atoms with Gasteiger partial charge in [-0.2, -0.15) is 5.10 Å². The van der Waals surface area contributed by atoms with E-state index < -0.39 is 4.92 Å². The summed E-state index contributed by atoms with van der Waals surface area (Å²) < 4.78 is 5.53. The van der Waals surface area contributed by atoms with E-state index in [0.29, 0.717) is 10.8 Å². The molecule has 3 aromatic rings. The maximum atomic E-state index is 10.7. The van der Waals surface area contributed by atoms with Crippen molar-refractivity contribution in [3.05, 3.63) is 74.9 Å². The van der Waals surface area contributed by atoms with Crippen LogP contribution in [0.15, 0.2) is 53.8 Å². The van der Waals surface area contributed by atoms with Crippen molar-refractivity contribution in [2.45, 2.75) is 13.8 Å². The predicted molar refractivity (Wildman–Crippen MR) is 107 cm³/mol. The molecule has 0 bridgehead atoms. The summed E-state index contributed by atoms with van der Waals surface area (Å²) in [6, 6.07) is 12.8. The van der Waals surface area contributed by atoms with Crippen LogP contribution < -0.4 is 10.2 Å². The number of nitrogens with zero attached hydrogens (tertiary/aromatic N) is 3. The van der Waals surface area contributed by atoms with Gasteiger partial charge >= 0.3 is 5.00 Å². The molecule has 0 aliphatic heterocycles. The third-order valence-electron chi connectivity index (χ3n) is 3.69. The molecule has 0 saturated carbocycles. The normalized spacial score (nSPS) is 11.3. The molecule has 27 heavy (non-hydrogen) atoms. The summed E-state index contributed by atoms with van der Waals surface area (Å²) in [5, 5.41) is 15.8. The lowest BCUT2D eigenvalue weighted by molar-refractivity contribution is -0.380. The van der Waals surface area contributed by atoms with Gasteiger partial charge in [-0.3, -0.25) is 15.5 Å². The van der Waals surface area contributed by atoms with Crippen molar-refractivity contribution in [2.24, 2.45) is 5.10 Å². The van der Waals surface area contributed by atoms with E-state index in [-0.39, 0.29) is 10.2 Å². The fourth-order valence-electron chi connectivity index (χ4n) is 2.22. The average Bonchev–Trinajstić information content (AvgIpc) is 3.10. The number of thiazole rings is 1. The highest BCUT2D eigenvalue weighted by atomic mass is 35.5. The average molecular weight is 403 g/mol. The van der Waals surface area contributed by atoms with Gasteiger partial charge in [0.1, 0.15) is 11.9 Å². The van der Waals surface area contributed by atoms with Gasteiger partial charge in [0.25, 0.3) is 5.19 Å². The van der Waals surface area contributed by atoms with Crippen LogP contribution in [0.5, 0.6) is 10.9 Å². The number of aryl methyl sites for hydroxylation is 1. The van der Waals surface area contributed by atoms with E-state index in [9.17, 15) is 10.1 Å². The Balaban J connectivity index is 1.69. The smallest absolute Gasteiger partial charge is 0.347 e. The Hall–Kier alpha value is -2.97. The van der Waals surface area contributed by atoms with Crippen molar-refractivity contribution in [3.63, 3.8) is 0 Å². The summed E-state index contributed by atoms with van der Waals surface area (Å²) in [4.78, 5) is 14.1. The van der Waals surface area contributed by atoms with Crippen LogP contribution >= 0.6 is 22.9 Å². The molecule has 3 rings (SSSR count). The molecular weight excluding hydrogens is 388 g/mol. The maximum absolute atomic E-state index is 10.7. The van der Waals surface area contributed by atoms with Crippen LogP contribution in [0.4, 0.5) is 10.7 Å². The first-order valence-electron chi connectivity index (χ1n) is 7.88. The molecule has 2 aromatic carbocycles. The largest absolute Gasteiger partial charge is 0.431 e. The molecule has 0 fully saturated rings. The topological polar surface area (TPSA) is 89.7 Å². The number of hydrazone groups is 1. The summed E-state index contributed by atoms with van der Waals surface area (Å²) >= 11 is 7.06. The number of hydrogen-bond donors (Lipinski definition) is 1. The highest BCUT2D eigenvalue weighted by Crippen LogP contribution is 2.31. The number of para-hydroxylation sites is 1. The third kappa shape index (κ3) is 4.60. The quantitative estimate of drug-likeness (QED) is 0.327. The van der Waals surface area contributed by atoms with Gasteiger partial charge in [0.05, 0.1) is 21.3 Å². The molecule has 138 valence electrons. The van der Waals surface area contributed by atoms with Crippen molar-refractivity contribution in [1.82, 2.24) is 4.98 Å². The minimum absolute atomic E-state index is 0.0643. The lowest BCUT2D eigenvalue weighted by Crippen LogP contribution is -2.01. The second-order valence-electron chi connectivity index (χ2n) is 5.59. The van der Waals surface area contributed by atoms with Gasteiger partial charge in [-0.1, -0.05) is 23.7 Å². The molecule has 0 saturated heterocycles. The van der Waals surface area contributed by atoms with Crippen molar-refractivity contribution < 1.29 is 9.66 Å². The van der Waals surface area contributed by atoms with Crippen molar-refractivity contribution in [3.8, 4) is 10.9 Å². The molecule has 1 aromatic heterocycles. The van der Waals surface area contributed by atoms with E-state index in [2.05, 4.69) is 15.5 Å². The van der Waals surface area contributed by atoms with E-state index in [4.69, 9.17) is 16.3 Å². The standard InChI is InChI=1S/C18H15ClN4O3S/c1-11-4-3-5-15(19)17(11)22-21-12(2)13-6-8-14(9-7-13)26-18-20-10-16(27-18)23(24)25/h3-10,22H,1-2H3/b21-12+. The van der Waals surface area contributed by atoms with E-state index in [0.717, 1.165) is 33.9 Å². The number of hydrogen-bond acceptors (Lipinski definition) is 7. The summed E-state index contributed by atoms with van der Waals surface area (Å²) in [7, 11) is 0. The first-order chi connectivity index (χ1) is 12.9. The van der Waals surface area contributed by atoms with E-state index in [1.807, 2.05) is 38.1 Å². The number of nitrogens with one attached hydrogen (secondary N) is 1. The zero-order valence-corrected chi connectivity index (χ0v) is 16.0. The number of rotatable bonds is 6. The second-order valence-corrected chi connectivity index (χ2v) is 6.97. The summed E-state index contributed by atoms with van der Waals surface area (Å²) in [6.07, 6.45) is 1.17. The maximum Gasteiger partial charge on any atom is 0.347 e. The first-order valence-corrected chi connectivity index (χ1v) is 9.07. The predicted octanol–water partition coefficient (Wildman–Crippen LogP) is 5.64. The number of benzene rings is 2. The number of nitro groups is 1. The minimum atomic E-state index is -0.499. The monoisotopic (exact) mass is 402 g/mol. The zero-order chi connectivity index (χ0) is 19.4. The molecule has 0 aliphatic carbocycles. The van der Waals surface area contributed by atoms with Gasteiger partial charge in [-0.15, -0.1) is 0 Å². The Labute approximate surface area is 164 Å². The number of halogens is 1. The number of aromatic nitrogens is 1. The summed E-state index contributed by atoms with van der Waals surface area (Å²) in [6.45, 7) is 3.83. The molecule has 0 unspecified atom stereocenters. The lowest BCUT2D eigenvalue weighted by Gasteiger charge is -2.09. The van der Waals surface area contributed by atoms with Gasteiger partial charge in [0, 0.05) is 0 Å². The Morgan fingerprint density at radius 1 is 1.30 bits per heavy atom. The van der Waals surface area contributed by atoms with Crippen LogP contribution in [-0.2, 0) is 0 Å². The molecule has 0 radical (unpaired) electrons. The van der Waals surface area contributed by atoms with E-state index >= 15 is 0 Å². The molecule has 9 heteroatoms. The molecule has 0 amide bonds. The van der Waals surface area contributed by atoms with Crippen LogP contribution in [0.25, 0.3) is 0 Å². The summed E-state index contributed by atoms with van der Waals surface area (Å²) in [5.74, 6) is 0.533. The van der Waals surface area contributed by atoms with Crippen LogP contribution in [-0.4, -0.2) is 15.6 Å². The highest BCUT2D eigenvalue weighted by molar-refractivity contribution is 7.16. The van der Waals surface area contributed by atoms with Crippen molar-refractivity contribution in [1.29, 1.82) is 0 Å². The van der Waals surface area contributed by atoms with Gasteiger partial charge < -0.3 is 4.74 Å². The van der Waals surface area contributed by atoms with Gasteiger partial charge in [-0.05, 0) is 66.6 Å². The Kier molecular flexibility index (Phi) is 5.68. The molecule has 1 N–H and O–H groups in total. The first kappa shape index (κ1) is 18.8.